The van der Waals surface area contributed by atoms with Crippen molar-refractivity contribution in [2.24, 2.45) is 0 Å². The number of carbonyl (C=O) groups is 1. The fourth-order valence-corrected chi connectivity index (χ4v) is 3.86. The van der Waals surface area contributed by atoms with E-state index in [0.717, 1.165) is 49.6 Å². The summed E-state index contributed by atoms with van der Waals surface area (Å²) in [4.78, 5) is 16.5. The SMILES string of the molecule is Cc1cc(N2CCN(C)CC2)ccc1NC(=O)c1ccc(S(=O)(=O)C(F)F)cc1. The van der Waals surface area contributed by atoms with Crippen molar-refractivity contribution in [3.63, 3.8) is 0 Å². The largest absolute Gasteiger partial charge is 0.369 e. The predicted octanol–water partition coefficient (Wildman–Crippen LogP) is 3.00. The molecule has 0 aromatic heterocycles. The lowest BCUT2D eigenvalue weighted by Gasteiger charge is -2.34. The Bertz CT molecular complexity index is 987. The van der Waals surface area contributed by atoms with E-state index in [1.165, 1.54) is 12.1 Å². The van der Waals surface area contributed by atoms with Crippen LogP contribution in [0.15, 0.2) is 47.4 Å². The number of piperazine rings is 1. The van der Waals surface area contributed by atoms with E-state index in [-0.39, 0.29) is 5.56 Å². The van der Waals surface area contributed by atoms with Gasteiger partial charge in [0, 0.05) is 43.1 Å². The smallest absolute Gasteiger partial charge is 0.341 e. The van der Waals surface area contributed by atoms with E-state index in [1.54, 1.807) is 0 Å². The fourth-order valence-electron chi connectivity index (χ4n) is 3.14. The molecule has 1 saturated heterocycles. The standard InChI is InChI=1S/C20H23F2N3O3S/c1-14-13-16(25-11-9-24(2)10-12-25)5-8-18(14)23-19(26)15-3-6-17(7-4-15)29(27,28)20(21)22/h3-8,13,20H,9-12H2,1-2H3,(H,23,26). The molecule has 0 saturated carbocycles. The summed E-state index contributed by atoms with van der Waals surface area (Å²) in [6.07, 6.45) is 0. The van der Waals surface area contributed by atoms with Crippen molar-refractivity contribution < 1.29 is 22.0 Å². The summed E-state index contributed by atoms with van der Waals surface area (Å²) >= 11 is 0. The number of sulfone groups is 1. The maximum Gasteiger partial charge on any atom is 0.341 e. The van der Waals surface area contributed by atoms with Crippen LogP contribution in [0.5, 0.6) is 0 Å². The Morgan fingerprint density at radius 3 is 2.21 bits per heavy atom. The van der Waals surface area contributed by atoms with Gasteiger partial charge in [-0.3, -0.25) is 4.79 Å². The number of aryl methyl sites for hydroxylation is 1. The molecule has 1 aliphatic rings. The fraction of sp³-hybridized carbons (Fsp3) is 0.350. The lowest BCUT2D eigenvalue weighted by molar-refractivity contribution is 0.102. The van der Waals surface area contributed by atoms with E-state index in [0.29, 0.717) is 5.69 Å². The summed E-state index contributed by atoms with van der Waals surface area (Å²) in [5.41, 5.74) is 2.81. The highest BCUT2D eigenvalue weighted by atomic mass is 32.2. The summed E-state index contributed by atoms with van der Waals surface area (Å²) < 4.78 is 48.1. The molecule has 9 heteroatoms. The zero-order chi connectivity index (χ0) is 21.2. The van der Waals surface area contributed by atoms with Gasteiger partial charge in [-0.25, -0.2) is 8.42 Å². The van der Waals surface area contributed by atoms with Gasteiger partial charge in [-0.15, -0.1) is 0 Å². The number of nitrogens with one attached hydrogen (secondary N) is 1. The van der Waals surface area contributed by atoms with Crippen molar-refractivity contribution in [1.82, 2.24) is 4.90 Å². The number of carbonyl (C=O) groups excluding carboxylic acids is 1. The van der Waals surface area contributed by atoms with Crippen LogP contribution in [0, 0.1) is 6.92 Å². The van der Waals surface area contributed by atoms with Crippen LogP contribution in [0.25, 0.3) is 0 Å². The summed E-state index contributed by atoms with van der Waals surface area (Å²) in [6.45, 7) is 5.77. The van der Waals surface area contributed by atoms with Gasteiger partial charge in [-0.1, -0.05) is 0 Å². The topological polar surface area (TPSA) is 69.7 Å². The molecule has 29 heavy (non-hydrogen) atoms. The van der Waals surface area contributed by atoms with Gasteiger partial charge in [0.1, 0.15) is 0 Å². The van der Waals surface area contributed by atoms with E-state index in [4.69, 9.17) is 0 Å². The number of likely N-dealkylation sites (N-methyl/N-ethyl adjacent to an activating group) is 1. The minimum atomic E-state index is -4.68. The first kappa shape index (κ1) is 21.2. The van der Waals surface area contributed by atoms with Crippen LogP contribution in [0.4, 0.5) is 20.2 Å². The second kappa shape index (κ2) is 8.46. The van der Waals surface area contributed by atoms with Crippen molar-refractivity contribution in [1.29, 1.82) is 0 Å². The Labute approximate surface area is 169 Å². The van der Waals surface area contributed by atoms with E-state index in [2.05, 4.69) is 22.2 Å². The average molecular weight is 423 g/mol. The third-order valence-electron chi connectivity index (χ3n) is 5.01. The lowest BCUT2D eigenvalue weighted by atomic mass is 10.1. The maximum absolute atomic E-state index is 12.6. The van der Waals surface area contributed by atoms with Crippen LogP contribution in [0.1, 0.15) is 15.9 Å². The molecular weight excluding hydrogens is 400 g/mol. The number of amides is 1. The molecule has 1 aliphatic heterocycles. The molecule has 1 heterocycles. The van der Waals surface area contributed by atoms with Crippen LogP contribution in [0.3, 0.4) is 0 Å². The van der Waals surface area contributed by atoms with Crippen LogP contribution < -0.4 is 10.2 Å². The Morgan fingerprint density at radius 1 is 1.03 bits per heavy atom. The van der Waals surface area contributed by atoms with E-state index >= 15 is 0 Å². The van der Waals surface area contributed by atoms with Gasteiger partial charge in [0.05, 0.1) is 4.90 Å². The third-order valence-corrected chi connectivity index (χ3v) is 6.40. The van der Waals surface area contributed by atoms with Crippen molar-refractivity contribution in [3.8, 4) is 0 Å². The Kier molecular flexibility index (Phi) is 6.18. The highest BCUT2D eigenvalue weighted by Crippen LogP contribution is 2.24. The zero-order valence-corrected chi connectivity index (χ0v) is 17.0. The molecule has 3 rings (SSSR count). The molecule has 0 radical (unpaired) electrons. The van der Waals surface area contributed by atoms with Crippen molar-refractivity contribution in [2.45, 2.75) is 17.6 Å². The second-order valence-electron chi connectivity index (χ2n) is 7.07. The molecule has 0 spiro atoms. The number of benzene rings is 2. The first-order valence-corrected chi connectivity index (χ1v) is 10.7. The Hall–Kier alpha value is -2.52. The predicted molar refractivity (Wildman–Crippen MR) is 108 cm³/mol. The van der Waals surface area contributed by atoms with Gasteiger partial charge in [0.25, 0.3) is 5.91 Å². The molecule has 0 aliphatic carbocycles. The number of hydrogen-bond donors (Lipinski definition) is 1. The highest BCUT2D eigenvalue weighted by Gasteiger charge is 2.26. The van der Waals surface area contributed by atoms with Gasteiger partial charge >= 0.3 is 5.76 Å². The van der Waals surface area contributed by atoms with Crippen molar-refractivity contribution in [3.05, 3.63) is 53.6 Å². The molecule has 156 valence electrons. The summed E-state index contributed by atoms with van der Waals surface area (Å²) in [5, 5.41) is 2.78. The van der Waals surface area contributed by atoms with Crippen LogP contribution >= 0.6 is 0 Å². The van der Waals surface area contributed by atoms with Crippen molar-refractivity contribution in [2.75, 3.05) is 43.4 Å². The maximum atomic E-state index is 12.6. The van der Waals surface area contributed by atoms with Gasteiger partial charge in [0.2, 0.25) is 9.84 Å². The lowest BCUT2D eigenvalue weighted by Crippen LogP contribution is -2.44. The zero-order valence-electron chi connectivity index (χ0n) is 16.2. The summed E-state index contributed by atoms with van der Waals surface area (Å²) in [5.74, 6) is -3.94. The molecule has 2 aromatic carbocycles. The third kappa shape index (κ3) is 4.73. The summed E-state index contributed by atoms with van der Waals surface area (Å²) in [7, 11) is -2.58. The number of alkyl halides is 2. The number of rotatable bonds is 5. The molecule has 2 aromatic rings. The molecule has 1 amide bonds. The van der Waals surface area contributed by atoms with Crippen LogP contribution in [-0.2, 0) is 9.84 Å². The van der Waals surface area contributed by atoms with Gasteiger partial charge in [0.15, 0.2) is 0 Å². The minimum absolute atomic E-state index is 0.181. The molecule has 1 fully saturated rings. The normalized spacial score (nSPS) is 15.6. The first-order valence-electron chi connectivity index (χ1n) is 9.16. The monoisotopic (exact) mass is 423 g/mol. The quantitative estimate of drug-likeness (QED) is 0.801. The van der Waals surface area contributed by atoms with Gasteiger partial charge in [-0.2, -0.15) is 8.78 Å². The Morgan fingerprint density at radius 2 is 1.66 bits per heavy atom. The number of nitrogens with zero attached hydrogens (tertiary/aromatic N) is 2. The van der Waals surface area contributed by atoms with E-state index in [1.807, 2.05) is 25.1 Å². The summed E-state index contributed by atoms with van der Waals surface area (Å²) in [6, 6.07) is 10.3. The molecule has 1 N–H and O–H groups in total. The minimum Gasteiger partial charge on any atom is -0.369 e. The average Bonchev–Trinajstić information content (AvgIpc) is 2.70. The van der Waals surface area contributed by atoms with Gasteiger partial charge in [-0.05, 0) is 62.0 Å². The van der Waals surface area contributed by atoms with E-state index in [9.17, 15) is 22.0 Å². The number of hydrogen-bond acceptors (Lipinski definition) is 5. The molecule has 0 bridgehead atoms. The molecule has 0 atom stereocenters. The van der Waals surface area contributed by atoms with Crippen LogP contribution in [-0.4, -0.2) is 58.2 Å². The van der Waals surface area contributed by atoms with Crippen molar-refractivity contribution >= 4 is 27.1 Å². The van der Waals surface area contributed by atoms with E-state index < -0.39 is 26.4 Å². The van der Waals surface area contributed by atoms with Gasteiger partial charge < -0.3 is 15.1 Å². The molecular formula is C20H23F2N3O3S. The number of anilines is 2. The number of halogens is 2. The first-order chi connectivity index (χ1) is 13.7. The highest BCUT2D eigenvalue weighted by molar-refractivity contribution is 7.91. The molecule has 0 unspecified atom stereocenters. The Balaban J connectivity index is 1.70. The van der Waals surface area contributed by atoms with Crippen LogP contribution in [0.2, 0.25) is 0 Å². The second-order valence-corrected chi connectivity index (χ2v) is 8.99. The molecule has 6 nitrogen and oxygen atoms in total.